The number of phenols is 1. The molecule has 2 aromatic rings. The Morgan fingerprint density at radius 3 is 2.09 bits per heavy atom. The van der Waals surface area contributed by atoms with E-state index in [2.05, 4.69) is 14.4 Å². The number of anilines is 1. The van der Waals surface area contributed by atoms with Crippen LogP contribution >= 0.6 is 0 Å². The number of hydrogen-bond acceptors (Lipinski definition) is 12. The minimum Gasteiger partial charge on any atom is -0.506 e. The smallest absolute Gasteiger partial charge is 0.506 e. The van der Waals surface area contributed by atoms with Crippen molar-refractivity contribution in [3.63, 3.8) is 0 Å². The van der Waals surface area contributed by atoms with E-state index >= 15 is 0 Å². The molecule has 2 aromatic carbocycles. The summed E-state index contributed by atoms with van der Waals surface area (Å²) in [7, 11) is -6.50. The average Bonchev–Trinajstić information content (AvgIpc) is 2.72. The zero-order valence-corrected chi connectivity index (χ0v) is 21.5. The van der Waals surface area contributed by atoms with Crippen LogP contribution in [0.3, 0.4) is 0 Å². The van der Waals surface area contributed by atoms with Gasteiger partial charge in [0.15, 0.2) is 9.84 Å². The largest absolute Gasteiger partial charge is 1.00 e. The van der Waals surface area contributed by atoms with Crippen molar-refractivity contribution in [2.45, 2.75) is 4.90 Å². The zero-order chi connectivity index (χ0) is 22.9. The second-order valence-electron chi connectivity index (χ2n) is 6.15. The molecule has 2 rings (SSSR count). The molecule has 0 spiro atoms. The van der Waals surface area contributed by atoms with Crippen LogP contribution in [0.25, 0.3) is 0 Å². The number of azo groups is 1. The van der Waals surface area contributed by atoms with E-state index in [-0.39, 0.29) is 77.7 Å². The summed E-state index contributed by atoms with van der Waals surface area (Å²) in [5.41, 5.74) is 1.11. The Labute approximate surface area is 215 Å². The van der Waals surface area contributed by atoms with Crippen LogP contribution in [-0.2, 0) is 33.4 Å². The SMILES string of the molecule is O.O=[S-](=O)OCCS(=O)(=O)c1ccc(N=Nc2ccc(N(CCO)CCO)cc2O)cc1.[Na+]. The van der Waals surface area contributed by atoms with Gasteiger partial charge in [-0.05, 0) is 36.4 Å². The molecule has 0 atom stereocenters. The number of nitrogens with zero attached hydrogens (tertiary/aromatic N) is 3. The van der Waals surface area contributed by atoms with Gasteiger partial charge in [0, 0.05) is 31.5 Å². The van der Waals surface area contributed by atoms with Crippen LogP contribution in [0.1, 0.15) is 0 Å². The minimum absolute atomic E-state index is 0. The molecule has 0 aromatic heterocycles. The molecule has 0 aliphatic rings. The van der Waals surface area contributed by atoms with E-state index in [1.54, 1.807) is 11.0 Å². The maximum Gasteiger partial charge on any atom is 1.00 e. The quantitative estimate of drug-likeness (QED) is 0.160. The molecule has 0 bridgehead atoms. The van der Waals surface area contributed by atoms with Gasteiger partial charge in [0.05, 0.1) is 40.5 Å². The number of aliphatic hydroxyl groups excluding tert-OH is 2. The Balaban J connectivity index is 0.00000512. The van der Waals surface area contributed by atoms with Crippen molar-refractivity contribution >= 4 is 37.9 Å². The van der Waals surface area contributed by atoms with Gasteiger partial charge in [-0.2, -0.15) is 5.11 Å². The summed E-state index contributed by atoms with van der Waals surface area (Å²) < 4.78 is 49.1. The average molecular weight is 514 g/mol. The van der Waals surface area contributed by atoms with E-state index in [1.807, 2.05) is 0 Å². The Kier molecular flexibility index (Phi) is 14.6. The first-order chi connectivity index (χ1) is 14.8. The van der Waals surface area contributed by atoms with E-state index in [0.717, 1.165) is 0 Å². The standard InChI is InChI=1S/C18H22N3O8S2.Na.H2O/c22-9-7-21(8-10-23)15-3-6-17(18(24)13-15)20-19-14-1-4-16(5-2-14)31(27,28)12-11-29-30(25)26;;/h1-6,13,22-24H,7-12H2;;1H2/q-1;+1;. The van der Waals surface area contributed by atoms with Crippen LogP contribution < -0.4 is 34.5 Å². The first-order valence-electron chi connectivity index (χ1n) is 9.03. The minimum atomic E-state index is -3.72. The van der Waals surface area contributed by atoms with Crippen molar-refractivity contribution in [3.8, 4) is 5.75 Å². The fourth-order valence-electron chi connectivity index (χ4n) is 2.57. The Hall–Kier alpha value is -1.62. The normalized spacial score (nSPS) is 11.2. The van der Waals surface area contributed by atoms with Crippen molar-refractivity contribution < 1.29 is 71.4 Å². The predicted octanol–water partition coefficient (Wildman–Crippen LogP) is -2.21. The number of aliphatic hydroxyl groups is 2. The molecule has 5 N–H and O–H groups in total. The first kappa shape index (κ1) is 31.4. The number of hydrogen-bond donors (Lipinski definition) is 3. The van der Waals surface area contributed by atoms with Crippen LogP contribution in [0.4, 0.5) is 17.1 Å². The van der Waals surface area contributed by atoms with Crippen LogP contribution in [0.5, 0.6) is 5.75 Å². The summed E-state index contributed by atoms with van der Waals surface area (Å²) in [5.74, 6) is -0.650. The van der Waals surface area contributed by atoms with Crippen molar-refractivity contribution in [1.29, 1.82) is 0 Å². The summed E-state index contributed by atoms with van der Waals surface area (Å²) >= 11 is 0. The molecule has 33 heavy (non-hydrogen) atoms. The van der Waals surface area contributed by atoms with E-state index in [4.69, 9.17) is 10.2 Å². The van der Waals surface area contributed by atoms with Gasteiger partial charge in [-0.3, -0.25) is 0 Å². The molecule has 0 radical (unpaired) electrons. The Morgan fingerprint density at radius 2 is 1.58 bits per heavy atom. The maximum absolute atomic E-state index is 12.1. The van der Waals surface area contributed by atoms with Gasteiger partial charge in [0.2, 0.25) is 0 Å². The van der Waals surface area contributed by atoms with Crippen molar-refractivity contribution in [2.24, 2.45) is 10.2 Å². The molecule has 0 fully saturated rings. The summed E-state index contributed by atoms with van der Waals surface area (Å²) in [6, 6.07) is 10.1. The predicted molar refractivity (Wildman–Crippen MR) is 115 cm³/mol. The second-order valence-corrected chi connectivity index (χ2v) is 8.90. The molecule has 0 saturated heterocycles. The number of rotatable bonds is 12. The summed E-state index contributed by atoms with van der Waals surface area (Å²) in [6.45, 7) is -0.130. The molecule has 12 nitrogen and oxygen atoms in total. The van der Waals surface area contributed by atoms with Crippen LogP contribution in [0.15, 0.2) is 57.6 Å². The second kappa shape index (κ2) is 15.3. The number of benzene rings is 2. The molecule has 0 saturated carbocycles. The number of aromatic hydroxyl groups is 1. The number of sulfone groups is 1. The van der Waals surface area contributed by atoms with Gasteiger partial charge < -0.3 is 38.3 Å². The summed E-state index contributed by atoms with van der Waals surface area (Å²) in [4.78, 5) is 1.67. The third-order valence-corrected chi connectivity index (χ3v) is 6.12. The molecule has 0 heterocycles. The molecule has 0 aliphatic heterocycles. The first-order valence-corrected chi connectivity index (χ1v) is 11.7. The third-order valence-electron chi connectivity index (χ3n) is 4.06. The summed E-state index contributed by atoms with van der Waals surface area (Å²) in [5, 5.41) is 36.3. The van der Waals surface area contributed by atoms with Gasteiger partial charge in [-0.15, -0.1) is 5.11 Å². The molecule has 0 aliphatic carbocycles. The van der Waals surface area contributed by atoms with Crippen LogP contribution in [0.2, 0.25) is 0 Å². The van der Waals surface area contributed by atoms with E-state index in [9.17, 15) is 21.9 Å². The summed E-state index contributed by atoms with van der Waals surface area (Å²) in [6.07, 6.45) is 0. The fraction of sp³-hybridized carbons (Fsp3) is 0.333. The molecular formula is C18H24N3NaO9S2. The molecule has 178 valence electrons. The molecule has 0 unspecified atom stereocenters. The van der Waals surface area contributed by atoms with Gasteiger partial charge >= 0.3 is 29.6 Å². The van der Waals surface area contributed by atoms with Crippen LogP contribution in [0, 0.1) is 0 Å². The number of phenolic OH excluding ortho intramolecular Hbond substituents is 1. The van der Waals surface area contributed by atoms with E-state index in [1.165, 1.54) is 36.4 Å². The van der Waals surface area contributed by atoms with Gasteiger partial charge in [-0.1, -0.05) is 0 Å². The molecular weight excluding hydrogens is 489 g/mol. The van der Waals surface area contributed by atoms with E-state index in [0.29, 0.717) is 11.4 Å². The van der Waals surface area contributed by atoms with Crippen molar-refractivity contribution in [3.05, 3.63) is 42.5 Å². The maximum atomic E-state index is 12.1. The topological polar surface area (TPSA) is 198 Å². The Bertz CT molecular complexity index is 1060. The van der Waals surface area contributed by atoms with Gasteiger partial charge in [-0.25, -0.2) is 8.42 Å². The van der Waals surface area contributed by atoms with Gasteiger partial charge in [0.25, 0.3) is 0 Å². The monoisotopic (exact) mass is 513 g/mol. The Morgan fingerprint density at radius 1 is 0.970 bits per heavy atom. The fourth-order valence-corrected chi connectivity index (χ4v) is 3.98. The van der Waals surface area contributed by atoms with Gasteiger partial charge in [0.1, 0.15) is 11.4 Å². The van der Waals surface area contributed by atoms with Crippen molar-refractivity contribution in [1.82, 2.24) is 0 Å². The zero-order valence-electron chi connectivity index (χ0n) is 17.8. The van der Waals surface area contributed by atoms with Crippen LogP contribution in [-0.4, -0.2) is 67.9 Å². The van der Waals surface area contributed by atoms with E-state index < -0.39 is 33.2 Å². The molecule has 15 heteroatoms. The van der Waals surface area contributed by atoms with Crippen molar-refractivity contribution in [2.75, 3.05) is 43.6 Å². The third kappa shape index (κ3) is 10.0. The molecule has 0 amide bonds.